The van der Waals surface area contributed by atoms with Crippen molar-refractivity contribution in [1.29, 1.82) is 0 Å². The number of hydrogen-bond donors (Lipinski definition) is 0. The molecule has 0 spiro atoms. The molecule has 1 nitrogen and oxygen atoms in total. The fourth-order valence-electron chi connectivity index (χ4n) is 3.29. The van der Waals surface area contributed by atoms with E-state index in [-0.39, 0.29) is 0 Å². The summed E-state index contributed by atoms with van der Waals surface area (Å²) in [6.45, 7) is 15.3. The van der Waals surface area contributed by atoms with Gasteiger partial charge in [-0.2, -0.15) is 0 Å². The van der Waals surface area contributed by atoms with Gasteiger partial charge < -0.3 is 4.90 Å². The predicted molar refractivity (Wildman–Crippen MR) is 99.3 cm³/mol. The molecular formula is C21H29N. The molecule has 1 aliphatic carbocycles. The van der Waals surface area contributed by atoms with Crippen molar-refractivity contribution in [1.82, 2.24) is 0 Å². The van der Waals surface area contributed by atoms with Crippen LogP contribution in [0.2, 0.25) is 0 Å². The number of allylic oxidation sites excluding steroid dienone is 4. The van der Waals surface area contributed by atoms with E-state index < -0.39 is 0 Å². The average molecular weight is 295 g/mol. The minimum atomic E-state index is 0.331. The summed E-state index contributed by atoms with van der Waals surface area (Å²) in [5.74, 6) is 0. The van der Waals surface area contributed by atoms with E-state index in [1.807, 2.05) is 0 Å². The molecule has 0 atom stereocenters. The van der Waals surface area contributed by atoms with Gasteiger partial charge in [0.2, 0.25) is 0 Å². The Morgan fingerprint density at radius 3 is 2.23 bits per heavy atom. The first-order valence-corrected chi connectivity index (χ1v) is 8.35. The topological polar surface area (TPSA) is 3.24 Å². The molecule has 118 valence electrons. The van der Waals surface area contributed by atoms with Crippen molar-refractivity contribution < 1.29 is 0 Å². The first-order valence-electron chi connectivity index (χ1n) is 8.35. The molecule has 0 aromatic heterocycles. The number of anilines is 1. The normalized spacial score (nSPS) is 17.6. The zero-order valence-electron chi connectivity index (χ0n) is 14.5. The average Bonchev–Trinajstić information content (AvgIpc) is 2.45. The molecule has 0 heterocycles. The molecule has 0 fully saturated rings. The highest BCUT2D eigenvalue weighted by molar-refractivity contribution is 5.58. The summed E-state index contributed by atoms with van der Waals surface area (Å²) in [5, 5.41) is 0. The molecule has 2 rings (SSSR count). The van der Waals surface area contributed by atoms with E-state index >= 15 is 0 Å². The largest absolute Gasteiger partial charge is 0.372 e. The smallest absolute Gasteiger partial charge is 0.0366 e. The van der Waals surface area contributed by atoms with Crippen LogP contribution in [0.5, 0.6) is 0 Å². The molecule has 22 heavy (non-hydrogen) atoms. The zero-order valence-corrected chi connectivity index (χ0v) is 14.5. The van der Waals surface area contributed by atoms with Crippen molar-refractivity contribution in [2.75, 3.05) is 18.0 Å². The minimum absolute atomic E-state index is 0.331. The van der Waals surface area contributed by atoms with E-state index in [9.17, 15) is 0 Å². The van der Waals surface area contributed by atoms with Crippen LogP contribution in [0.3, 0.4) is 0 Å². The Kier molecular flexibility index (Phi) is 5.28. The maximum atomic E-state index is 4.15. The molecule has 0 N–H and O–H groups in total. The molecule has 1 heteroatoms. The lowest BCUT2D eigenvalue weighted by Gasteiger charge is -2.29. The molecule has 1 aliphatic rings. The second kappa shape index (κ2) is 7.00. The Morgan fingerprint density at radius 2 is 1.68 bits per heavy atom. The highest BCUT2D eigenvalue weighted by atomic mass is 15.1. The maximum absolute atomic E-state index is 4.15. The van der Waals surface area contributed by atoms with Gasteiger partial charge in [0.25, 0.3) is 0 Å². The van der Waals surface area contributed by atoms with Crippen molar-refractivity contribution in [2.24, 2.45) is 5.41 Å². The number of rotatable bonds is 5. The van der Waals surface area contributed by atoms with Crippen LogP contribution in [-0.4, -0.2) is 13.1 Å². The van der Waals surface area contributed by atoms with Gasteiger partial charge in [-0.15, -0.1) is 0 Å². The van der Waals surface area contributed by atoms with Gasteiger partial charge in [0.15, 0.2) is 0 Å². The third-order valence-electron chi connectivity index (χ3n) is 4.29. The molecule has 1 aromatic rings. The Balaban J connectivity index is 2.09. The van der Waals surface area contributed by atoms with Crippen molar-refractivity contribution >= 4 is 11.8 Å². The first kappa shape index (κ1) is 16.6. The Labute approximate surface area is 136 Å². The SMILES string of the molecule is C=C1C=C(/C=C/c2ccc(N(CC)CC)cc2)CC(C)(C)C1. The molecule has 0 saturated heterocycles. The maximum Gasteiger partial charge on any atom is 0.0366 e. The van der Waals surface area contributed by atoms with Crippen LogP contribution in [0.15, 0.2) is 54.1 Å². The Bertz CT molecular complexity index is 568. The fourth-order valence-corrected chi connectivity index (χ4v) is 3.29. The molecule has 0 radical (unpaired) electrons. The van der Waals surface area contributed by atoms with Gasteiger partial charge >= 0.3 is 0 Å². The van der Waals surface area contributed by atoms with Gasteiger partial charge in [0.05, 0.1) is 0 Å². The highest BCUT2D eigenvalue weighted by Gasteiger charge is 2.23. The lowest BCUT2D eigenvalue weighted by molar-refractivity contribution is 0.355. The second-order valence-corrected chi connectivity index (χ2v) is 6.99. The summed E-state index contributed by atoms with van der Waals surface area (Å²) in [7, 11) is 0. The summed E-state index contributed by atoms with van der Waals surface area (Å²) in [6, 6.07) is 8.83. The second-order valence-electron chi connectivity index (χ2n) is 6.99. The molecular weight excluding hydrogens is 266 g/mol. The molecule has 0 aliphatic heterocycles. The predicted octanol–water partition coefficient (Wildman–Crippen LogP) is 5.85. The summed E-state index contributed by atoms with van der Waals surface area (Å²) < 4.78 is 0. The van der Waals surface area contributed by atoms with E-state index in [0.717, 1.165) is 25.9 Å². The van der Waals surface area contributed by atoms with Gasteiger partial charge in [-0.05, 0) is 55.4 Å². The van der Waals surface area contributed by atoms with Crippen molar-refractivity contribution in [3.63, 3.8) is 0 Å². The first-order chi connectivity index (χ1) is 10.4. The molecule has 0 saturated carbocycles. The third-order valence-corrected chi connectivity index (χ3v) is 4.29. The zero-order chi connectivity index (χ0) is 16.2. The standard InChI is InChI=1S/C21H29N/c1-6-22(7-2)20-12-10-18(11-13-20)8-9-19-14-17(3)15-21(4,5)16-19/h8-14H,3,6-7,15-16H2,1-2,4-5H3/b9-8+. The Morgan fingerprint density at radius 1 is 1.05 bits per heavy atom. The number of hydrogen-bond acceptors (Lipinski definition) is 1. The van der Waals surface area contributed by atoms with Crippen LogP contribution in [0, 0.1) is 5.41 Å². The molecule has 0 unspecified atom stereocenters. The van der Waals surface area contributed by atoms with Gasteiger partial charge in [-0.1, -0.05) is 56.4 Å². The number of benzene rings is 1. The highest BCUT2D eigenvalue weighted by Crippen LogP contribution is 2.37. The van der Waals surface area contributed by atoms with Crippen LogP contribution in [-0.2, 0) is 0 Å². The monoisotopic (exact) mass is 295 g/mol. The van der Waals surface area contributed by atoms with Gasteiger partial charge in [0.1, 0.15) is 0 Å². The number of nitrogens with zero attached hydrogens (tertiary/aromatic N) is 1. The third kappa shape index (κ3) is 4.37. The van der Waals surface area contributed by atoms with Gasteiger partial charge in [-0.25, -0.2) is 0 Å². The van der Waals surface area contributed by atoms with Crippen LogP contribution in [0.1, 0.15) is 46.1 Å². The van der Waals surface area contributed by atoms with Gasteiger partial charge in [-0.3, -0.25) is 0 Å². The minimum Gasteiger partial charge on any atom is -0.372 e. The van der Waals surface area contributed by atoms with Crippen molar-refractivity contribution in [2.45, 2.75) is 40.5 Å². The summed E-state index contributed by atoms with van der Waals surface area (Å²) in [4.78, 5) is 2.36. The summed E-state index contributed by atoms with van der Waals surface area (Å²) >= 11 is 0. The van der Waals surface area contributed by atoms with Crippen molar-refractivity contribution in [3.8, 4) is 0 Å². The molecule has 0 amide bonds. The lowest BCUT2D eigenvalue weighted by Crippen LogP contribution is -2.21. The quantitative estimate of drug-likeness (QED) is 0.658. The summed E-state index contributed by atoms with van der Waals surface area (Å²) in [6.07, 6.45) is 8.93. The summed E-state index contributed by atoms with van der Waals surface area (Å²) in [5.41, 5.74) is 5.51. The van der Waals surface area contributed by atoms with Crippen LogP contribution in [0.25, 0.3) is 6.08 Å². The van der Waals surface area contributed by atoms with Crippen LogP contribution >= 0.6 is 0 Å². The fraction of sp³-hybridized carbons (Fsp3) is 0.429. The Hall–Kier alpha value is -1.76. The van der Waals surface area contributed by atoms with E-state index in [1.165, 1.54) is 22.4 Å². The molecule has 1 aromatic carbocycles. The molecule has 0 bridgehead atoms. The lowest BCUT2D eigenvalue weighted by atomic mass is 9.75. The van der Waals surface area contributed by atoms with Crippen LogP contribution in [0.4, 0.5) is 5.69 Å². The van der Waals surface area contributed by atoms with E-state index in [1.54, 1.807) is 0 Å². The van der Waals surface area contributed by atoms with E-state index in [2.05, 4.69) is 81.7 Å². The van der Waals surface area contributed by atoms with Crippen LogP contribution < -0.4 is 4.90 Å². The van der Waals surface area contributed by atoms with E-state index in [0.29, 0.717) is 5.41 Å². The van der Waals surface area contributed by atoms with Gasteiger partial charge in [0, 0.05) is 18.8 Å². The van der Waals surface area contributed by atoms with Crippen molar-refractivity contribution in [3.05, 3.63) is 59.7 Å². The van der Waals surface area contributed by atoms with E-state index in [4.69, 9.17) is 0 Å².